The quantitative estimate of drug-likeness (QED) is 0.864. The van der Waals surface area contributed by atoms with Crippen molar-refractivity contribution in [2.24, 2.45) is 0 Å². The first kappa shape index (κ1) is 15.7. The first-order valence-corrected chi connectivity index (χ1v) is 6.83. The summed E-state index contributed by atoms with van der Waals surface area (Å²) >= 11 is 0. The Bertz CT molecular complexity index is 641. The van der Waals surface area contributed by atoms with Crippen molar-refractivity contribution in [3.63, 3.8) is 0 Å². The van der Waals surface area contributed by atoms with Crippen LogP contribution in [0.25, 0.3) is 0 Å². The molecule has 0 aliphatic carbocycles. The van der Waals surface area contributed by atoms with Crippen LogP contribution in [0.3, 0.4) is 0 Å². The van der Waals surface area contributed by atoms with Crippen LogP contribution in [0.5, 0.6) is 0 Å². The van der Waals surface area contributed by atoms with Gasteiger partial charge < -0.3 is 10.1 Å². The standard InChI is InChI=1S/C17H16FNO3/c1-12(13-7-9-15(18)10-8-13)19-16(20)11-22-17(21)14-5-3-2-4-6-14/h2-10,12H,11H2,1H3,(H,19,20)/t12-/m0/s1. The van der Waals surface area contributed by atoms with E-state index in [0.29, 0.717) is 5.56 Å². The van der Waals surface area contributed by atoms with Crippen LogP contribution in [0.2, 0.25) is 0 Å². The number of halogens is 1. The molecule has 0 aliphatic heterocycles. The maximum absolute atomic E-state index is 12.8. The summed E-state index contributed by atoms with van der Waals surface area (Å²) in [5.41, 5.74) is 1.16. The highest BCUT2D eigenvalue weighted by Gasteiger charge is 2.12. The third-order valence-electron chi connectivity index (χ3n) is 3.09. The first-order chi connectivity index (χ1) is 10.6. The Kier molecular flexibility index (Phi) is 5.25. The molecule has 0 bridgehead atoms. The molecule has 2 rings (SSSR count). The summed E-state index contributed by atoms with van der Waals surface area (Å²) in [5.74, 6) is -1.30. The van der Waals surface area contributed by atoms with Crippen LogP contribution in [0.15, 0.2) is 54.6 Å². The van der Waals surface area contributed by atoms with Gasteiger partial charge in [-0.15, -0.1) is 0 Å². The number of esters is 1. The fraction of sp³-hybridized carbons (Fsp3) is 0.176. The van der Waals surface area contributed by atoms with Gasteiger partial charge in [0.05, 0.1) is 11.6 Å². The molecule has 5 heteroatoms. The maximum Gasteiger partial charge on any atom is 0.338 e. The lowest BCUT2D eigenvalue weighted by Crippen LogP contribution is -2.31. The molecule has 1 N–H and O–H groups in total. The largest absolute Gasteiger partial charge is 0.452 e. The van der Waals surface area contributed by atoms with Gasteiger partial charge in [-0.25, -0.2) is 9.18 Å². The first-order valence-electron chi connectivity index (χ1n) is 6.83. The summed E-state index contributed by atoms with van der Waals surface area (Å²) < 4.78 is 17.8. The van der Waals surface area contributed by atoms with Crippen molar-refractivity contribution in [1.82, 2.24) is 5.32 Å². The average molecular weight is 301 g/mol. The SMILES string of the molecule is C[C@H](NC(=O)COC(=O)c1ccccc1)c1ccc(F)cc1. The van der Waals surface area contributed by atoms with Gasteiger partial charge in [-0.2, -0.15) is 0 Å². The fourth-order valence-corrected chi connectivity index (χ4v) is 1.91. The third kappa shape index (κ3) is 4.41. The van der Waals surface area contributed by atoms with Crippen molar-refractivity contribution in [3.05, 3.63) is 71.5 Å². The van der Waals surface area contributed by atoms with Gasteiger partial charge in [-0.05, 0) is 36.8 Å². The summed E-state index contributed by atoms with van der Waals surface area (Å²) in [7, 11) is 0. The number of hydrogen-bond donors (Lipinski definition) is 1. The number of carbonyl (C=O) groups excluding carboxylic acids is 2. The summed E-state index contributed by atoms with van der Waals surface area (Å²) in [6, 6.07) is 14.0. The zero-order valence-electron chi connectivity index (χ0n) is 12.1. The summed E-state index contributed by atoms with van der Waals surface area (Å²) in [6.07, 6.45) is 0. The molecule has 0 saturated carbocycles. The van der Waals surface area contributed by atoms with Crippen LogP contribution < -0.4 is 5.32 Å². The van der Waals surface area contributed by atoms with E-state index in [1.54, 1.807) is 49.4 Å². The van der Waals surface area contributed by atoms with Gasteiger partial charge in [0.1, 0.15) is 5.82 Å². The van der Waals surface area contributed by atoms with E-state index in [9.17, 15) is 14.0 Å². The van der Waals surface area contributed by atoms with Crippen LogP contribution >= 0.6 is 0 Å². The minimum absolute atomic E-state index is 0.302. The maximum atomic E-state index is 12.8. The highest BCUT2D eigenvalue weighted by molar-refractivity contribution is 5.91. The van der Waals surface area contributed by atoms with Crippen molar-refractivity contribution < 1.29 is 18.7 Å². The molecule has 0 unspecified atom stereocenters. The zero-order valence-corrected chi connectivity index (χ0v) is 12.1. The topological polar surface area (TPSA) is 55.4 Å². The van der Waals surface area contributed by atoms with Crippen LogP contribution in [-0.4, -0.2) is 18.5 Å². The van der Waals surface area contributed by atoms with Gasteiger partial charge in [0.2, 0.25) is 0 Å². The smallest absolute Gasteiger partial charge is 0.338 e. The lowest BCUT2D eigenvalue weighted by Gasteiger charge is -2.14. The van der Waals surface area contributed by atoms with Gasteiger partial charge in [0, 0.05) is 0 Å². The molecule has 2 aromatic carbocycles. The number of benzene rings is 2. The molecule has 0 heterocycles. The molecular formula is C17H16FNO3. The molecule has 1 amide bonds. The third-order valence-corrected chi connectivity index (χ3v) is 3.09. The lowest BCUT2D eigenvalue weighted by molar-refractivity contribution is -0.124. The second kappa shape index (κ2) is 7.36. The Balaban J connectivity index is 1.83. The number of hydrogen-bond acceptors (Lipinski definition) is 3. The number of ether oxygens (including phenoxy) is 1. The van der Waals surface area contributed by atoms with Gasteiger partial charge in [-0.1, -0.05) is 30.3 Å². The van der Waals surface area contributed by atoms with Crippen molar-refractivity contribution in [3.8, 4) is 0 Å². The molecule has 0 fully saturated rings. The highest BCUT2D eigenvalue weighted by Crippen LogP contribution is 2.12. The Hall–Kier alpha value is -2.69. The van der Waals surface area contributed by atoms with Gasteiger partial charge in [-0.3, -0.25) is 4.79 Å². The summed E-state index contributed by atoms with van der Waals surface area (Å²) in [4.78, 5) is 23.5. The lowest BCUT2D eigenvalue weighted by atomic mass is 10.1. The molecule has 0 aliphatic rings. The van der Waals surface area contributed by atoms with E-state index in [-0.39, 0.29) is 18.5 Å². The van der Waals surface area contributed by atoms with Crippen LogP contribution in [0, 0.1) is 5.82 Å². The Labute approximate surface area is 127 Å². The molecule has 1 atom stereocenters. The summed E-state index contributed by atoms with van der Waals surface area (Å²) in [5, 5.41) is 2.68. The Morgan fingerprint density at radius 3 is 2.36 bits per heavy atom. The number of carbonyl (C=O) groups is 2. The van der Waals surface area contributed by atoms with Crippen LogP contribution in [0.1, 0.15) is 28.9 Å². The zero-order chi connectivity index (χ0) is 15.9. The second-order valence-electron chi connectivity index (χ2n) is 4.78. The van der Waals surface area contributed by atoms with Crippen molar-refractivity contribution in [2.45, 2.75) is 13.0 Å². The summed E-state index contributed by atoms with van der Waals surface area (Å²) in [6.45, 7) is 1.41. The number of rotatable bonds is 5. The van der Waals surface area contributed by atoms with E-state index in [4.69, 9.17) is 4.74 Å². The molecule has 0 radical (unpaired) electrons. The number of nitrogens with one attached hydrogen (secondary N) is 1. The second-order valence-corrected chi connectivity index (χ2v) is 4.78. The van der Waals surface area contributed by atoms with Gasteiger partial charge in [0.25, 0.3) is 5.91 Å². The molecule has 0 aromatic heterocycles. The molecule has 0 saturated heterocycles. The highest BCUT2D eigenvalue weighted by atomic mass is 19.1. The Morgan fingerprint density at radius 1 is 1.09 bits per heavy atom. The molecule has 4 nitrogen and oxygen atoms in total. The van der Waals surface area contributed by atoms with Crippen molar-refractivity contribution in [1.29, 1.82) is 0 Å². The van der Waals surface area contributed by atoms with E-state index < -0.39 is 11.9 Å². The molecular weight excluding hydrogens is 285 g/mol. The molecule has 114 valence electrons. The van der Waals surface area contributed by atoms with E-state index in [2.05, 4.69) is 5.32 Å². The monoisotopic (exact) mass is 301 g/mol. The average Bonchev–Trinajstić information content (AvgIpc) is 2.54. The van der Waals surface area contributed by atoms with Gasteiger partial charge in [0.15, 0.2) is 6.61 Å². The predicted octanol–water partition coefficient (Wildman–Crippen LogP) is 2.86. The number of amides is 1. The van der Waals surface area contributed by atoms with Crippen molar-refractivity contribution >= 4 is 11.9 Å². The molecule has 0 spiro atoms. The minimum atomic E-state index is -0.551. The Morgan fingerprint density at radius 2 is 1.73 bits per heavy atom. The van der Waals surface area contributed by atoms with Gasteiger partial charge >= 0.3 is 5.97 Å². The molecule has 2 aromatic rings. The van der Waals surface area contributed by atoms with Crippen LogP contribution in [0.4, 0.5) is 4.39 Å². The van der Waals surface area contributed by atoms with E-state index in [1.165, 1.54) is 12.1 Å². The molecule has 22 heavy (non-hydrogen) atoms. The van der Waals surface area contributed by atoms with E-state index >= 15 is 0 Å². The van der Waals surface area contributed by atoms with Crippen LogP contribution in [-0.2, 0) is 9.53 Å². The van der Waals surface area contributed by atoms with E-state index in [1.807, 2.05) is 0 Å². The van der Waals surface area contributed by atoms with E-state index in [0.717, 1.165) is 5.56 Å². The predicted molar refractivity (Wildman–Crippen MR) is 79.7 cm³/mol. The normalized spacial score (nSPS) is 11.5. The minimum Gasteiger partial charge on any atom is -0.452 e. The fourth-order valence-electron chi connectivity index (χ4n) is 1.91. The van der Waals surface area contributed by atoms with Crippen molar-refractivity contribution in [2.75, 3.05) is 6.61 Å².